The zero-order valence-corrected chi connectivity index (χ0v) is 25.0. The number of phenols is 1. The average Bonchev–Trinajstić information content (AvgIpc) is 3.80. The number of halogens is 1. The van der Waals surface area contributed by atoms with Gasteiger partial charge in [-0.1, -0.05) is 17.7 Å². The molecule has 0 unspecified atom stereocenters. The van der Waals surface area contributed by atoms with Crippen molar-refractivity contribution in [3.8, 4) is 22.6 Å². The molecular formula is C32H38ClN3O5. The number of nitrogens with one attached hydrogen (secondary N) is 1. The van der Waals surface area contributed by atoms with E-state index in [1.54, 1.807) is 18.3 Å². The minimum absolute atomic E-state index is 0.0503. The van der Waals surface area contributed by atoms with Crippen LogP contribution in [0, 0.1) is 5.92 Å². The van der Waals surface area contributed by atoms with E-state index >= 15 is 0 Å². The van der Waals surface area contributed by atoms with Crippen LogP contribution in [0.3, 0.4) is 0 Å². The van der Waals surface area contributed by atoms with Crippen LogP contribution in [0.1, 0.15) is 69.7 Å². The van der Waals surface area contributed by atoms with E-state index in [0.717, 1.165) is 66.2 Å². The summed E-state index contributed by atoms with van der Waals surface area (Å²) in [5.74, 6) is 0.358. The summed E-state index contributed by atoms with van der Waals surface area (Å²) in [4.78, 5) is 32.5. The van der Waals surface area contributed by atoms with E-state index in [1.165, 1.54) is 14.2 Å². The number of rotatable bonds is 7. The Labute approximate surface area is 246 Å². The Bertz CT molecular complexity index is 1470. The van der Waals surface area contributed by atoms with E-state index in [0.29, 0.717) is 5.56 Å². The molecule has 0 saturated heterocycles. The second kappa shape index (κ2) is 11.4. The molecule has 3 aromatic rings. The van der Waals surface area contributed by atoms with Crippen LogP contribution in [0.25, 0.3) is 22.0 Å². The number of aromatic hydroxyl groups is 1. The molecule has 9 heteroatoms. The molecule has 2 aromatic carbocycles. The third-order valence-electron chi connectivity index (χ3n) is 8.17. The molecule has 0 spiro atoms. The minimum Gasteiger partial charge on any atom is -0.503 e. The summed E-state index contributed by atoms with van der Waals surface area (Å²) in [6.45, 7) is 6.09. The second-order valence-electron chi connectivity index (χ2n) is 12.1. The Morgan fingerprint density at radius 3 is 2.34 bits per heavy atom. The van der Waals surface area contributed by atoms with Gasteiger partial charge in [0.15, 0.2) is 17.3 Å². The van der Waals surface area contributed by atoms with Crippen LogP contribution in [0.4, 0.5) is 10.5 Å². The summed E-state index contributed by atoms with van der Waals surface area (Å²) in [5, 5.41) is 15.0. The lowest BCUT2D eigenvalue weighted by Crippen LogP contribution is -2.53. The summed E-state index contributed by atoms with van der Waals surface area (Å²) in [7, 11) is 2.91. The Hall–Kier alpha value is -3.52. The zero-order valence-electron chi connectivity index (χ0n) is 24.3. The maximum absolute atomic E-state index is 13.4. The number of hydrogen-bond donors (Lipinski definition) is 2. The van der Waals surface area contributed by atoms with Gasteiger partial charge in [0, 0.05) is 35.1 Å². The highest BCUT2D eigenvalue weighted by atomic mass is 35.5. The fourth-order valence-electron chi connectivity index (χ4n) is 5.93. The van der Waals surface area contributed by atoms with Crippen LogP contribution in [-0.2, 0) is 4.74 Å². The molecule has 5 rings (SSSR count). The zero-order chi connectivity index (χ0) is 29.5. The Morgan fingerprint density at radius 1 is 1.02 bits per heavy atom. The van der Waals surface area contributed by atoms with E-state index in [-0.39, 0.29) is 51.9 Å². The van der Waals surface area contributed by atoms with Gasteiger partial charge in [-0.05, 0) is 94.7 Å². The Kier molecular flexibility index (Phi) is 8.06. The van der Waals surface area contributed by atoms with Crippen LogP contribution in [0.15, 0.2) is 36.5 Å². The molecule has 2 fully saturated rings. The molecular weight excluding hydrogens is 542 g/mol. The molecule has 1 aromatic heterocycles. The van der Waals surface area contributed by atoms with Crippen LogP contribution in [0.5, 0.6) is 11.5 Å². The lowest BCUT2D eigenvalue weighted by molar-refractivity contribution is 0.0440. The number of carbonyl (C=O) groups is 2. The number of ketones is 1. The maximum atomic E-state index is 13.4. The van der Waals surface area contributed by atoms with E-state index in [1.807, 2.05) is 43.9 Å². The smallest absolute Gasteiger partial charge is 0.410 e. The first-order valence-electron chi connectivity index (χ1n) is 14.2. The Morgan fingerprint density at radius 2 is 1.73 bits per heavy atom. The van der Waals surface area contributed by atoms with E-state index in [9.17, 15) is 14.7 Å². The van der Waals surface area contributed by atoms with Gasteiger partial charge in [-0.25, -0.2) is 4.79 Å². The number of pyridine rings is 1. The lowest BCUT2D eigenvalue weighted by atomic mass is 9.87. The third-order valence-corrected chi connectivity index (χ3v) is 8.46. The summed E-state index contributed by atoms with van der Waals surface area (Å²) in [6.07, 6.45) is 6.57. The molecule has 1 heterocycles. The van der Waals surface area contributed by atoms with Gasteiger partial charge < -0.3 is 24.8 Å². The SMILES string of the molecule is COC(=O)N(C1CCC(Nc2c(C(=O)C3CC3)cnc3ccc(-c4cc(Cl)c(O)c(OC)c4)cc23)CC1)C(C)(C)C. The van der Waals surface area contributed by atoms with E-state index < -0.39 is 0 Å². The number of benzene rings is 2. The van der Waals surface area contributed by atoms with E-state index in [2.05, 4.69) is 10.3 Å². The molecule has 0 bridgehead atoms. The summed E-state index contributed by atoms with van der Waals surface area (Å²) >= 11 is 6.29. The molecule has 1 amide bonds. The number of aromatic nitrogens is 1. The topological polar surface area (TPSA) is 101 Å². The average molecular weight is 580 g/mol. The fourth-order valence-corrected chi connectivity index (χ4v) is 6.14. The van der Waals surface area contributed by atoms with Crippen molar-refractivity contribution >= 4 is 40.1 Å². The van der Waals surface area contributed by atoms with Gasteiger partial charge in [-0.2, -0.15) is 0 Å². The van der Waals surface area contributed by atoms with Crippen molar-refractivity contribution in [1.29, 1.82) is 0 Å². The van der Waals surface area contributed by atoms with Gasteiger partial charge in [-0.3, -0.25) is 9.78 Å². The maximum Gasteiger partial charge on any atom is 0.410 e. The first kappa shape index (κ1) is 29.0. The molecule has 0 atom stereocenters. The normalized spacial score (nSPS) is 19.1. The number of methoxy groups -OCH3 is 2. The highest BCUT2D eigenvalue weighted by molar-refractivity contribution is 6.32. The number of fused-ring (bicyclic) bond motifs is 1. The molecule has 0 aliphatic heterocycles. The predicted octanol–water partition coefficient (Wildman–Crippen LogP) is 7.45. The summed E-state index contributed by atoms with van der Waals surface area (Å²) < 4.78 is 10.4. The van der Waals surface area contributed by atoms with Gasteiger partial charge >= 0.3 is 6.09 Å². The first-order valence-corrected chi connectivity index (χ1v) is 14.6. The van der Waals surface area contributed by atoms with Crippen LogP contribution >= 0.6 is 11.6 Å². The Balaban J connectivity index is 1.49. The number of anilines is 1. The number of Topliss-reactive ketones (excluding diaryl/α,β-unsaturated/α-hetero) is 1. The van der Waals surface area contributed by atoms with Crippen molar-refractivity contribution in [2.24, 2.45) is 5.92 Å². The third kappa shape index (κ3) is 5.94. The number of carbonyl (C=O) groups excluding carboxylic acids is 2. The van der Waals surface area contributed by atoms with Crippen molar-refractivity contribution in [3.63, 3.8) is 0 Å². The van der Waals surface area contributed by atoms with Crippen molar-refractivity contribution in [1.82, 2.24) is 9.88 Å². The molecule has 2 saturated carbocycles. The molecule has 8 nitrogen and oxygen atoms in total. The minimum atomic E-state index is -0.348. The van der Waals surface area contributed by atoms with Gasteiger partial charge in [0.05, 0.1) is 36.0 Å². The number of phenolic OH excluding ortho intramolecular Hbond substituents is 1. The number of hydrogen-bond acceptors (Lipinski definition) is 7. The number of amides is 1. The monoisotopic (exact) mass is 579 g/mol. The predicted molar refractivity (Wildman–Crippen MR) is 161 cm³/mol. The number of nitrogens with zero attached hydrogens (tertiary/aromatic N) is 2. The van der Waals surface area contributed by atoms with Gasteiger partial charge in [0.25, 0.3) is 0 Å². The first-order chi connectivity index (χ1) is 19.5. The molecule has 41 heavy (non-hydrogen) atoms. The summed E-state index contributed by atoms with van der Waals surface area (Å²) in [5.41, 5.74) is 3.49. The van der Waals surface area contributed by atoms with Crippen molar-refractivity contribution in [2.75, 3.05) is 19.5 Å². The van der Waals surface area contributed by atoms with Crippen LogP contribution < -0.4 is 10.1 Å². The quantitative estimate of drug-likeness (QED) is 0.280. The van der Waals surface area contributed by atoms with Crippen LogP contribution in [0.2, 0.25) is 5.02 Å². The molecule has 2 N–H and O–H groups in total. The summed E-state index contributed by atoms with van der Waals surface area (Å²) in [6, 6.07) is 9.55. The largest absolute Gasteiger partial charge is 0.503 e. The standard InChI is InChI=1S/C32H38ClN3O5/c1-32(2,3)36(31(39)41-5)22-11-9-21(10-12-22)35-28-23-14-19(20-15-25(33)30(38)27(16-20)40-4)8-13-26(23)34-17-24(28)29(37)18-6-7-18/h8,13-18,21-22,38H,6-7,9-12H2,1-5H3,(H,34,35). The van der Waals surface area contributed by atoms with Crippen molar-refractivity contribution < 1.29 is 24.2 Å². The van der Waals surface area contributed by atoms with Crippen LogP contribution in [-0.4, -0.2) is 58.7 Å². The second-order valence-corrected chi connectivity index (χ2v) is 12.5. The van der Waals surface area contributed by atoms with Crippen molar-refractivity contribution in [3.05, 3.63) is 47.1 Å². The highest BCUT2D eigenvalue weighted by Crippen LogP contribution is 2.41. The fraction of sp³-hybridized carbons (Fsp3) is 0.469. The number of ether oxygens (including phenoxy) is 2. The van der Waals surface area contributed by atoms with Gasteiger partial charge in [0.1, 0.15) is 0 Å². The van der Waals surface area contributed by atoms with E-state index in [4.69, 9.17) is 21.1 Å². The van der Waals surface area contributed by atoms with Crippen molar-refractivity contribution in [2.45, 2.75) is 76.9 Å². The van der Waals surface area contributed by atoms with Gasteiger partial charge in [-0.15, -0.1) is 0 Å². The highest BCUT2D eigenvalue weighted by Gasteiger charge is 2.37. The molecule has 0 radical (unpaired) electrons. The molecule has 218 valence electrons. The van der Waals surface area contributed by atoms with Gasteiger partial charge in [0.2, 0.25) is 0 Å². The molecule has 2 aliphatic rings. The molecule has 2 aliphatic carbocycles. The lowest BCUT2D eigenvalue weighted by Gasteiger charge is -2.43.